The fraction of sp³-hybridized carbons (Fsp3) is 0.368. The minimum Gasteiger partial charge on any atom is -0.384 e. The lowest BCUT2D eigenvalue weighted by molar-refractivity contribution is -0.0418. The van der Waals surface area contributed by atoms with Gasteiger partial charge in [-0.15, -0.1) is 0 Å². The highest BCUT2D eigenvalue weighted by Gasteiger charge is 2.42. The third-order valence-corrected chi connectivity index (χ3v) is 4.42. The van der Waals surface area contributed by atoms with Gasteiger partial charge in [0.1, 0.15) is 0 Å². The molecule has 2 heteroatoms. The number of hydrogen-bond acceptors (Lipinski definition) is 2. The molecule has 0 fully saturated rings. The van der Waals surface area contributed by atoms with Crippen LogP contribution in [0.2, 0.25) is 0 Å². The summed E-state index contributed by atoms with van der Waals surface area (Å²) in [7, 11) is 0. The van der Waals surface area contributed by atoms with Gasteiger partial charge in [0.05, 0.1) is 5.60 Å². The molecule has 112 valence electrons. The quantitative estimate of drug-likeness (QED) is 0.882. The van der Waals surface area contributed by atoms with Gasteiger partial charge in [-0.05, 0) is 25.0 Å². The van der Waals surface area contributed by atoms with Crippen molar-refractivity contribution in [2.75, 3.05) is 0 Å². The van der Waals surface area contributed by atoms with Crippen LogP contribution in [-0.2, 0) is 12.0 Å². The Hall–Kier alpha value is -1.64. The van der Waals surface area contributed by atoms with Crippen LogP contribution in [0.5, 0.6) is 0 Å². The maximum Gasteiger partial charge on any atom is 0.0979 e. The Morgan fingerprint density at radius 2 is 1.43 bits per heavy atom. The first kappa shape index (κ1) is 15.7. The van der Waals surface area contributed by atoms with Gasteiger partial charge in [0.15, 0.2) is 0 Å². The summed E-state index contributed by atoms with van der Waals surface area (Å²) in [5, 5.41) is 11.5. The van der Waals surface area contributed by atoms with E-state index in [1.165, 1.54) is 0 Å². The van der Waals surface area contributed by atoms with Gasteiger partial charge < -0.3 is 10.8 Å². The number of benzene rings is 2. The Morgan fingerprint density at radius 1 is 0.952 bits per heavy atom. The van der Waals surface area contributed by atoms with Crippen molar-refractivity contribution in [3.63, 3.8) is 0 Å². The third kappa shape index (κ3) is 3.52. The molecule has 0 aliphatic heterocycles. The Bertz CT molecular complexity index is 559. The average Bonchev–Trinajstić information content (AvgIpc) is 2.47. The average molecular weight is 283 g/mol. The van der Waals surface area contributed by atoms with Gasteiger partial charge in [-0.1, -0.05) is 67.6 Å². The second-order valence-corrected chi connectivity index (χ2v) is 6.50. The molecule has 0 aromatic heterocycles. The van der Waals surface area contributed by atoms with Crippen LogP contribution in [0.4, 0.5) is 0 Å². The second-order valence-electron chi connectivity index (χ2n) is 6.50. The summed E-state index contributed by atoms with van der Waals surface area (Å²) >= 11 is 0. The maximum atomic E-state index is 11.5. The molecule has 2 aromatic rings. The van der Waals surface area contributed by atoms with Gasteiger partial charge in [-0.2, -0.15) is 0 Å². The molecule has 0 bridgehead atoms. The van der Waals surface area contributed by atoms with Crippen molar-refractivity contribution in [1.29, 1.82) is 0 Å². The normalized spacial score (nSPS) is 16.2. The maximum absolute atomic E-state index is 11.5. The Balaban J connectivity index is 2.44. The van der Waals surface area contributed by atoms with Crippen LogP contribution in [0, 0.1) is 5.92 Å². The molecule has 2 rings (SSSR count). The highest BCUT2D eigenvalue weighted by molar-refractivity contribution is 5.28. The zero-order chi connectivity index (χ0) is 15.5. The van der Waals surface area contributed by atoms with E-state index in [0.29, 0.717) is 6.42 Å². The van der Waals surface area contributed by atoms with Gasteiger partial charge in [-0.3, -0.25) is 0 Å². The SMILES string of the molecule is CC(C(C)(C)N)C(O)(Cc1ccccc1)c1ccccc1. The molecule has 0 saturated heterocycles. The molecular formula is C19H25NO. The summed E-state index contributed by atoms with van der Waals surface area (Å²) in [6.45, 7) is 5.96. The van der Waals surface area contributed by atoms with Crippen molar-refractivity contribution in [3.8, 4) is 0 Å². The van der Waals surface area contributed by atoms with Crippen molar-refractivity contribution in [2.24, 2.45) is 11.7 Å². The third-order valence-electron chi connectivity index (χ3n) is 4.42. The summed E-state index contributed by atoms with van der Waals surface area (Å²) in [5.41, 5.74) is 6.87. The first-order chi connectivity index (χ1) is 9.84. The number of aliphatic hydroxyl groups is 1. The molecule has 0 spiro atoms. The highest BCUT2D eigenvalue weighted by Crippen LogP contribution is 2.38. The molecule has 0 aliphatic rings. The first-order valence-electron chi connectivity index (χ1n) is 7.45. The first-order valence-corrected chi connectivity index (χ1v) is 7.45. The van der Waals surface area contributed by atoms with Crippen LogP contribution < -0.4 is 5.73 Å². The van der Waals surface area contributed by atoms with Crippen LogP contribution in [0.3, 0.4) is 0 Å². The van der Waals surface area contributed by atoms with E-state index in [4.69, 9.17) is 5.73 Å². The van der Waals surface area contributed by atoms with Crippen molar-refractivity contribution >= 4 is 0 Å². The molecule has 2 nitrogen and oxygen atoms in total. The lowest BCUT2D eigenvalue weighted by Gasteiger charge is -2.42. The number of hydrogen-bond donors (Lipinski definition) is 2. The zero-order valence-electron chi connectivity index (χ0n) is 13.1. The fourth-order valence-corrected chi connectivity index (χ4v) is 2.75. The van der Waals surface area contributed by atoms with Crippen molar-refractivity contribution in [2.45, 2.75) is 38.3 Å². The number of nitrogens with two attached hydrogens (primary N) is 1. The Labute approximate surface area is 127 Å². The van der Waals surface area contributed by atoms with E-state index in [9.17, 15) is 5.11 Å². The Kier molecular flexibility index (Phi) is 4.50. The molecule has 0 amide bonds. The lowest BCUT2D eigenvalue weighted by Crippen LogP contribution is -2.51. The molecule has 0 heterocycles. The van der Waals surface area contributed by atoms with E-state index < -0.39 is 11.1 Å². The topological polar surface area (TPSA) is 46.2 Å². The van der Waals surface area contributed by atoms with E-state index in [1.54, 1.807) is 0 Å². The second kappa shape index (κ2) is 6.00. The van der Waals surface area contributed by atoms with Crippen molar-refractivity contribution in [3.05, 3.63) is 71.8 Å². The van der Waals surface area contributed by atoms with E-state index >= 15 is 0 Å². The Morgan fingerprint density at radius 3 is 1.90 bits per heavy atom. The van der Waals surface area contributed by atoms with Crippen LogP contribution >= 0.6 is 0 Å². The molecular weight excluding hydrogens is 258 g/mol. The predicted molar refractivity (Wildman–Crippen MR) is 87.9 cm³/mol. The fourth-order valence-electron chi connectivity index (χ4n) is 2.75. The van der Waals surface area contributed by atoms with Crippen molar-refractivity contribution in [1.82, 2.24) is 0 Å². The van der Waals surface area contributed by atoms with Crippen LogP contribution in [0.15, 0.2) is 60.7 Å². The van der Waals surface area contributed by atoms with Gasteiger partial charge >= 0.3 is 0 Å². The minimum absolute atomic E-state index is 0.0902. The zero-order valence-corrected chi connectivity index (χ0v) is 13.1. The minimum atomic E-state index is -0.985. The van der Waals surface area contributed by atoms with Gasteiger partial charge in [0, 0.05) is 17.9 Å². The van der Waals surface area contributed by atoms with Crippen LogP contribution in [0.1, 0.15) is 31.9 Å². The molecule has 0 saturated carbocycles. The molecule has 3 N–H and O–H groups in total. The molecule has 0 radical (unpaired) electrons. The van der Waals surface area contributed by atoms with Crippen LogP contribution in [0.25, 0.3) is 0 Å². The standard InChI is InChI=1S/C19H25NO/c1-15(18(2,3)20)19(21,17-12-8-5-9-13-17)14-16-10-6-4-7-11-16/h4-13,15,21H,14,20H2,1-3H3. The van der Waals surface area contributed by atoms with Gasteiger partial charge in [0.2, 0.25) is 0 Å². The summed E-state index contributed by atoms with van der Waals surface area (Å²) in [4.78, 5) is 0. The molecule has 2 unspecified atom stereocenters. The van der Waals surface area contributed by atoms with E-state index in [0.717, 1.165) is 11.1 Å². The van der Waals surface area contributed by atoms with Crippen LogP contribution in [-0.4, -0.2) is 10.6 Å². The van der Waals surface area contributed by atoms with Gasteiger partial charge in [0.25, 0.3) is 0 Å². The van der Waals surface area contributed by atoms with E-state index in [1.807, 2.05) is 81.4 Å². The summed E-state index contributed by atoms with van der Waals surface area (Å²) in [6, 6.07) is 19.9. The molecule has 0 aliphatic carbocycles. The summed E-state index contributed by atoms with van der Waals surface area (Å²) in [6.07, 6.45) is 0.555. The van der Waals surface area contributed by atoms with E-state index in [2.05, 4.69) is 0 Å². The predicted octanol–water partition coefficient (Wildman–Crippen LogP) is 3.49. The lowest BCUT2D eigenvalue weighted by atomic mass is 9.70. The summed E-state index contributed by atoms with van der Waals surface area (Å²) in [5.74, 6) is -0.0902. The molecule has 2 atom stereocenters. The van der Waals surface area contributed by atoms with Gasteiger partial charge in [-0.25, -0.2) is 0 Å². The summed E-state index contributed by atoms with van der Waals surface area (Å²) < 4.78 is 0. The monoisotopic (exact) mass is 283 g/mol. The molecule has 2 aromatic carbocycles. The molecule has 21 heavy (non-hydrogen) atoms. The smallest absolute Gasteiger partial charge is 0.0979 e. The highest BCUT2D eigenvalue weighted by atomic mass is 16.3. The van der Waals surface area contributed by atoms with E-state index in [-0.39, 0.29) is 5.92 Å². The number of rotatable bonds is 5. The van der Waals surface area contributed by atoms with Crippen molar-refractivity contribution < 1.29 is 5.11 Å². The largest absolute Gasteiger partial charge is 0.384 e.